The van der Waals surface area contributed by atoms with E-state index in [4.69, 9.17) is 4.42 Å². The predicted molar refractivity (Wildman–Crippen MR) is 79.1 cm³/mol. The summed E-state index contributed by atoms with van der Waals surface area (Å²) < 4.78 is 10.2. The Kier molecular flexibility index (Phi) is 4.31. The molecule has 1 aromatic heterocycles. The van der Waals surface area contributed by atoms with E-state index in [-0.39, 0.29) is 30.1 Å². The molecule has 0 spiro atoms. The van der Waals surface area contributed by atoms with E-state index in [0.29, 0.717) is 5.58 Å². The molecule has 1 heterocycles. The average molecular weight is 289 g/mol. The Hall–Kier alpha value is -2.30. The SMILES string of the molecule is COC(=O)C(C)CN(C)C(=O)c1cc2cc(C)ccc2o1. The number of hydrogen-bond acceptors (Lipinski definition) is 4. The van der Waals surface area contributed by atoms with E-state index < -0.39 is 0 Å². The minimum Gasteiger partial charge on any atom is -0.469 e. The van der Waals surface area contributed by atoms with Gasteiger partial charge < -0.3 is 14.1 Å². The minimum absolute atomic E-state index is 0.250. The predicted octanol–water partition coefficient (Wildman–Crippen LogP) is 2.62. The Morgan fingerprint density at radius 3 is 2.71 bits per heavy atom. The number of carbonyl (C=O) groups excluding carboxylic acids is 2. The van der Waals surface area contributed by atoms with Crippen molar-refractivity contribution in [1.29, 1.82) is 0 Å². The average Bonchev–Trinajstić information content (AvgIpc) is 2.88. The maximum absolute atomic E-state index is 12.3. The first-order valence-electron chi connectivity index (χ1n) is 6.76. The van der Waals surface area contributed by atoms with Crippen LogP contribution in [0.5, 0.6) is 0 Å². The molecule has 0 saturated heterocycles. The topological polar surface area (TPSA) is 59.8 Å². The molecule has 21 heavy (non-hydrogen) atoms. The van der Waals surface area contributed by atoms with Gasteiger partial charge in [0.15, 0.2) is 5.76 Å². The molecule has 2 rings (SSSR count). The molecule has 0 aliphatic heterocycles. The highest BCUT2D eigenvalue weighted by molar-refractivity contribution is 5.96. The van der Waals surface area contributed by atoms with Crippen molar-refractivity contribution in [2.75, 3.05) is 20.7 Å². The van der Waals surface area contributed by atoms with Crippen LogP contribution in [0.2, 0.25) is 0 Å². The van der Waals surface area contributed by atoms with Gasteiger partial charge in [0.1, 0.15) is 5.58 Å². The monoisotopic (exact) mass is 289 g/mol. The lowest BCUT2D eigenvalue weighted by Gasteiger charge is -2.19. The lowest BCUT2D eigenvalue weighted by molar-refractivity contribution is -0.145. The highest BCUT2D eigenvalue weighted by atomic mass is 16.5. The first kappa shape index (κ1) is 15.1. The van der Waals surface area contributed by atoms with Gasteiger partial charge in [-0.05, 0) is 25.1 Å². The van der Waals surface area contributed by atoms with E-state index in [1.165, 1.54) is 12.0 Å². The number of benzene rings is 1. The quantitative estimate of drug-likeness (QED) is 0.812. The van der Waals surface area contributed by atoms with Crippen LogP contribution in [0.25, 0.3) is 11.0 Å². The first-order valence-corrected chi connectivity index (χ1v) is 6.76. The van der Waals surface area contributed by atoms with E-state index in [9.17, 15) is 9.59 Å². The van der Waals surface area contributed by atoms with Gasteiger partial charge in [0, 0.05) is 19.0 Å². The van der Waals surface area contributed by atoms with E-state index in [2.05, 4.69) is 4.74 Å². The third-order valence-electron chi connectivity index (χ3n) is 3.38. The molecule has 0 radical (unpaired) electrons. The van der Waals surface area contributed by atoms with Crippen LogP contribution in [0.3, 0.4) is 0 Å². The van der Waals surface area contributed by atoms with Gasteiger partial charge in [-0.3, -0.25) is 9.59 Å². The Balaban J connectivity index is 2.15. The van der Waals surface area contributed by atoms with Gasteiger partial charge in [-0.15, -0.1) is 0 Å². The molecule has 0 N–H and O–H groups in total. The zero-order chi connectivity index (χ0) is 15.6. The van der Waals surface area contributed by atoms with E-state index in [0.717, 1.165) is 10.9 Å². The smallest absolute Gasteiger partial charge is 0.310 e. The fraction of sp³-hybridized carbons (Fsp3) is 0.375. The van der Waals surface area contributed by atoms with Crippen molar-refractivity contribution in [2.45, 2.75) is 13.8 Å². The number of carbonyl (C=O) groups is 2. The molecular formula is C16H19NO4. The largest absolute Gasteiger partial charge is 0.469 e. The maximum atomic E-state index is 12.3. The number of hydrogen-bond donors (Lipinski definition) is 0. The van der Waals surface area contributed by atoms with Crippen LogP contribution >= 0.6 is 0 Å². The van der Waals surface area contributed by atoms with Crippen molar-refractivity contribution in [1.82, 2.24) is 4.90 Å². The molecule has 112 valence electrons. The molecule has 1 atom stereocenters. The molecule has 0 aliphatic rings. The standard InChI is InChI=1S/C16H19NO4/c1-10-5-6-13-12(7-10)8-14(21-13)15(18)17(3)9-11(2)16(19)20-4/h5-8,11H,9H2,1-4H3. The summed E-state index contributed by atoms with van der Waals surface area (Å²) >= 11 is 0. The number of aryl methyl sites for hydroxylation is 1. The van der Waals surface area contributed by atoms with Crippen molar-refractivity contribution >= 4 is 22.8 Å². The molecule has 1 amide bonds. The number of esters is 1. The summed E-state index contributed by atoms with van der Waals surface area (Å²) in [5.41, 5.74) is 1.79. The van der Waals surface area contributed by atoms with Crippen LogP contribution < -0.4 is 0 Å². The molecule has 0 fully saturated rings. The number of methoxy groups -OCH3 is 1. The summed E-state index contributed by atoms with van der Waals surface area (Å²) in [5.74, 6) is -0.694. The van der Waals surface area contributed by atoms with Crippen LogP contribution in [-0.2, 0) is 9.53 Å². The fourth-order valence-corrected chi connectivity index (χ4v) is 2.23. The van der Waals surface area contributed by atoms with Crippen LogP contribution in [0.15, 0.2) is 28.7 Å². The molecule has 2 aromatic rings. The van der Waals surface area contributed by atoms with Crippen LogP contribution in [0.4, 0.5) is 0 Å². The lowest BCUT2D eigenvalue weighted by atomic mass is 10.1. The van der Waals surface area contributed by atoms with Gasteiger partial charge in [0.2, 0.25) is 0 Å². The normalized spacial score (nSPS) is 12.2. The second-order valence-electron chi connectivity index (χ2n) is 5.26. The Bertz CT molecular complexity index is 674. The Morgan fingerprint density at radius 2 is 2.05 bits per heavy atom. The minimum atomic E-state index is -0.379. The Morgan fingerprint density at radius 1 is 1.33 bits per heavy atom. The number of ether oxygens (including phenoxy) is 1. The zero-order valence-corrected chi connectivity index (χ0v) is 12.7. The Labute approximate surface area is 123 Å². The van der Waals surface area contributed by atoms with Gasteiger partial charge in [-0.2, -0.15) is 0 Å². The third-order valence-corrected chi connectivity index (χ3v) is 3.38. The van der Waals surface area contributed by atoms with E-state index >= 15 is 0 Å². The van der Waals surface area contributed by atoms with Gasteiger partial charge >= 0.3 is 5.97 Å². The first-order chi connectivity index (χ1) is 9.92. The van der Waals surface area contributed by atoms with Crippen LogP contribution in [-0.4, -0.2) is 37.5 Å². The van der Waals surface area contributed by atoms with Crippen LogP contribution in [0.1, 0.15) is 23.0 Å². The van der Waals surface area contributed by atoms with Crippen molar-refractivity contribution in [3.8, 4) is 0 Å². The number of nitrogens with zero attached hydrogens (tertiary/aromatic N) is 1. The lowest BCUT2D eigenvalue weighted by Crippen LogP contribution is -2.33. The number of furan rings is 1. The summed E-state index contributed by atoms with van der Waals surface area (Å²) in [7, 11) is 2.97. The second-order valence-corrected chi connectivity index (χ2v) is 5.26. The van der Waals surface area contributed by atoms with Gasteiger partial charge in [0.25, 0.3) is 5.91 Å². The molecular weight excluding hydrogens is 270 g/mol. The summed E-state index contributed by atoms with van der Waals surface area (Å²) in [6.45, 7) is 3.98. The van der Waals surface area contributed by atoms with Gasteiger partial charge in [-0.25, -0.2) is 0 Å². The van der Waals surface area contributed by atoms with Gasteiger partial charge in [0.05, 0.1) is 13.0 Å². The van der Waals surface area contributed by atoms with E-state index in [1.54, 1.807) is 20.0 Å². The van der Waals surface area contributed by atoms with Crippen molar-refractivity contribution in [3.63, 3.8) is 0 Å². The molecule has 0 saturated carbocycles. The number of rotatable bonds is 4. The van der Waals surface area contributed by atoms with Crippen LogP contribution in [0, 0.1) is 12.8 Å². The zero-order valence-electron chi connectivity index (χ0n) is 12.7. The molecule has 1 aromatic carbocycles. The highest BCUT2D eigenvalue weighted by Crippen LogP contribution is 2.21. The summed E-state index contributed by atoms with van der Waals surface area (Å²) in [4.78, 5) is 25.2. The fourth-order valence-electron chi connectivity index (χ4n) is 2.23. The summed E-state index contributed by atoms with van der Waals surface area (Å²) in [6, 6.07) is 7.47. The van der Waals surface area contributed by atoms with Crippen molar-refractivity contribution in [2.24, 2.45) is 5.92 Å². The molecule has 1 unspecified atom stereocenters. The van der Waals surface area contributed by atoms with Crippen molar-refractivity contribution in [3.05, 3.63) is 35.6 Å². The molecule has 5 heteroatoms. The van der Waals surface area contributed by atoms with Crippen molar-refractivity contribution < 1.29 is 18.7 Å². The van der Waals surface area contributed by atoms with E-state index in [1.807, 2.05) is 25.1 Å². The second kappa shape index (κ2) is 5.99. The highest BCUT2D eigenvalue weighted by Gasteiger charge is 2.22. The third kappa shape index (κ3) is 3.24. The molecule has 0 aliphatic carbocycles. The number of amides is 1. The molecule has 5 nitrogen and oxygen atoms in total. The summed E-state index contributed by atoms with van der Waals surface area (Å²) in [6.07, 6.45) is 0. The maximum Gasteiger partial charge on any atom is 0.310 e. The molecule has 0 bridgehead atoms. The summed E-state index contributed by atoms with van der Waals surface area (Å²) in [5, 5.41) is 0.896. The van der Waals surface area contributed by atoms with Gasteiger partial charge in [-0.1, -0.05) is 18.6 Å². The number of fused-ring (bicyclic) bond motifs is 1.